The molecule has 4 rings (SSSR count). The van der Waals surface area contributed by atoms with Gasteiger partial charge in [-0.15, -0.1) is 11.3 Å². The number of nitrogens with zero attached hydrogens (tertiary/aromatic N) is 1. The van der Waals surface area contributed by atoms with E-state index in [2.05, 4.69) is 24.3 Å². The van der Waals surface area contributed by atoms with Gasteiger partial charge >= 0.3 is 0 Å². The predicted octanol–water partition coefficient (Wildman–Crippen LogP) is 2.97. The maximum absolute atomic E-state index is 6.69. The van der Waals surface area contributed by atoms with Gasteiger partial charge in [0.1, 0.15) is 5.01 Å². The van der Waals surface area contributed by atoms with E-state index < -0.39 is 0 Å². The van der Waals surface area contributed by atoms with Crippen molar-refractivity contribution in [1.82, 2.24) is 4.98 Å². The molecule has 1 aromatic carbocycles. The Kier molecular flexibility index (Phi) is 2.54. The quantitative estimate of drug-likeness (QED) is 0.865. The van der Waals surface area contributed by atoms with Crippen LogP contribution in [-0.2, 0) is 31.2 Å². The Morgan fingerprint density at radius 2 is 1.74 bits per heavy atom. The number of benzene rings is 1. The van der Waals surface area contributed by atoms with Crippen LogP contribution >= 0.6 is 11.3 Å². The largest absolute Gasteiger partial charge is 0.319 e. The van der Waals surface area contributed by atoms with Crippen LogP contribution in [0.4, 0.5) is 0 Å². The Balaban J connectivity index is 1.71. The average Bonchev–Trinajstić information content (AvgIpc) is 2.98. The second-order valence-corrected chi connectivity index (χ2v) is 6.96. The number of thiazole rings is 1. The van der Waals surface area contributed by atoms with Crippen molar-refractivity contribution in [2.45, 2.75) is 44.1 Å². The van der Waals surface area contributed by atoms with Crippen molar-refractivity contribution < 1.29 is 0 Å². The summed E-state index contributed by atoms with van der Waals surface area (Å²) in [5.74, 6) is 0. The molecule has 0 radical (unpaired) electrons. The van der Waals surface area contributed by atoms with Crippen LogP contribution in [0.3, 0.4) is 0 Å². The van der Waals surface area contributed by atoms with Crippen LogP contribution in [0.1, 0.15) is 39.5 Å². The van der Waals surface area contributed by atoms with Crippen molar-refractivity contribution >= 4 is 11.3 Å². The molecule has 2 nitrogen and oxygen atoms in total. The van der Waals surface area contributed by atoms with E-state index in [1.165, 1.54) is 41.0 Å². The molecule has 2 aliphatic rings. The Labute approximate surface area is 117 Å². The van der Waals surface area contributed by atoms with Gasteiger partial charge in [0.15, 0.2) is 0 Å². The van der Waals surface area contributed by atoms with Crippen molar-refractivity contribution in [1.29, 1.82) is 0 Å². The third-order valence-electron chi connectivity index (χ3n) is 4.40. The summed E-state index contributed by atoms with van der Waals surface area (Å²) in [4.78, 5) is 6.37. The van der Waals surface area contributed by atoms with Crippen molar-refractivity contribution in [2.24, 2.45) is 5.73 Å². The molecule has 0 unspecified atom stereocenters. The lowest BCUT2D eigenvalue weighted by Gasteiger charge is -2.20. The normalized spacial score (nSPS) is 20.1. The minimum absolute atomic E-state index is 0.258. The van der Waals surface area contributed by atoms with E-state index in [1.54, 1.807) is 0 Å². The summed E-state index contributed by atoms with van der Waals surface area (Å²) in [5, 5.41) is 1.16. The first-order valence-electron chi connectivity index (χ1n) is 7.09. The Morgan fingerprint density at radius 1 is 1.05 bits per heavy atom. The number of hydrogen-bond donors (Lipinski definition) is 1. The van der Waals surface area contributed by atoms with Gasteiger partial charge in [-0.05, 0) is 49.7 Å². The van der Waals surface area contributed by atoms with Gasteiger partial charge < -0.3 is 5.73 Å². The minimum Gasteiger partial charge on any atom is -0.319 e. The first-order valence-corrected chi connectivity index (χ1v) is 7.91. The molecule has 2 N–H and O–H groups in total. The van der Waals surface area contributed by atoms with Crippen LogP contribution in [-0.4, -0.2) is 4.98 Å². The molecule has 1 heterocycles. The molecule has 0 bridgehead atoms. The summed E-state index contributed by atoms with van der Waals surface area (Å²) in [6, 6.07) is 8.63. The molecule has 0 amide bonds. The average molecular weight is 270 g/mol. The van der Waals surface area contributed by atoms with E-state index in [9.17, 15) is 0 Å². The molecule has 98 valence electrons. The molecule has 19 heavy (non-hydrogen) atoms. The molecule has 1 aromatic heterocycles. The first kappa shape index (κ1) is 11.6. The molecule has 0 saturated carbocycles. The molecule has 0 fully saturated rings. The minimum atomic E-state index is -0.258. The van der Waals surface area contributed by atoms with Crippen LogP contribution in [0.2, 0.25) is 0 Å². The van der Waals surface area contributed by atoms with Crippen LogP contribution in [0.15, 0.2) is 24.3 Å². The summed E-state index contributed by atoms with van der Waals surface area (Å²) >= 11 is 1.87. The Morgan fingerprint density at radius 3 is 2.42 bits per heavy atom. The maximum Gasteiger partial charge on any atom is 0.114 e. The zero-order valence-corrected chi connectivity index (χ0v) is 11.8. The molecule has 0 spiro atoms. The molecular weight excluding hydrogens is 252 g/mol. The highest BCUT2D eigenvalue weighted by atomic mass is 32.1. The van der Waals surface area contributed by atoms with E-state index >= 15 is 0 Å². The number of rotatable bonds is 1. The van der Waals surface area contributed by atoms with Gasteiger partial charge in [0, 0.05) is 4.88 Å². The van der Waals surface area contributed by atoms with Gasteiger partial charge in [-0.2, -0.15) is 0 Å². The maximum atomic E-state index is 6.69. The van der Waals surface area contributed by atoms with Crippen LogP contribution in [0, 0.1) is 0 Å². The highest BCUT2D eigenvalue weighted by molar-refractivity contribution is 7.11. The monoisotopic (exact) mass is 270 g/mol. The lowest BCUT2D eigenvalue weighted by molar-refractivity contribution is 0.468. The fourth-order valence-corrected chi connectivity index (χ4v) is 4.61. The topological polar surface area (TPSA) is 38.9 Å². The van der Waals surface area contributed by atoms with Gasteiger partial charge in [-0.3, -0.25) is 0 Å². The lowest BCUT2D eigenvalue weighted by atomic mass is 9.98. The highest BCUT2D eigenvalue weighted by Crippen LogP contribution is 2.39. The van der Waals surface area contributed by atoms with Crippen LogP contribution in [0.5, 0.6) is 0 Å². The van der Waals surface area contributed by atoms with Crippen LogP contribution < -0.4 is 5.73 Å². The van der Waals surface area contributed by atoms with Gasteiger partial charge in [0.25, 0.3) is 0 Å². The highest BCUT2D eigenvalue weighted by Gasteiger charge is 2.38. The SMILES string of the molecule is NC1(c2nc3c(s2)CCCC3)Cc2ccccc2C1. The van der Waals surface area contributed by atoms with Crippen molar-refractivity contribution in [3.63, 3.8) is 0 Å². The van der Waals surface area contributed by atoms with E-state index in [4.69, 9.17) is 10.7 Å². The number of hydrogen-bond acceptors (Lipinski definition) is 3. The third kappa shape index (κ3) is 1.84. The second-order valence-electron chi connectivity index (χ2n) is 5.87. The fraction of sp³-hybridized carbons (Fsp3) is 0.438. The van der Waals surface area contributed by atoms with E-state index in [0.717, 1.165) is 24.3 Å². The van der Waals surface area contributed by atoms with Gasteiger partial charge in [0.2, 0.25) is 0 Å². The van der Waals surface area contributed by atoms with Gasteiger partial charge in [-0.1, -0.05) is 24.3 Å². The first-order chi connectivity index (χ1) is 9.24. The van der Waals surface area contributed by atoms with E-state index in [1.807, 2.05) is 11.3 Å². The number of aromatic nitrogens is 1. The van der Waals surface area contributed by atoms with Crippen molar-refractivity contribution in [3.8, 4) is 0 Å². The molecule has 3 heteroatoms. The molecule has 2 aliphatic carbocycles. The predicted molar refractivity (Wildman–Crippen MR) is 78.5 cm³/mol. The van der Waals surface area contributed by atoms with Crippen LogP contribution in [0.25, 0.3) is 0 Å². The fourth-order valence-electron chi connectivity index (χ4n) is 3.36. The molecule has 0 aliphatic heterocycles. The zero-order valence-electron chi connectivity index (χ0n) is 11.0. The summed E-state index contributed by atoms with van der Waals surface area (Å²) in [7, 11) is 0. The summed E-state index contributed by atoms with van der Waals surface area (Å²) < 4.78 is 0. The van der Waals surface area contributed by atoms with Gasteiger partial charge in [-0.25, -0.2) is 4.98 Å². The molecule has 2 aromatic rings. The summed E-state index contributed by atoms with van der Waals surface area (Å²) in [5.41, 5.74) is 10.6. The lowest BCUT2D eigenvalue weighted by Crippen LogP contribution is -2.37. The van der Waals surface area contributed by atoms with Crippen molar-refractivity contribution in [3.05, 3.63) is 51.0 Å². The molecular formula is C16H18N2S. The Hall–Kier alpha value is -1.19. The molecule has 0 atom stereocenters. The Bertz CT molecular complexity index is 581. The zero-order chi connectivity index (χ0) is 12.9. The van der Waals surface area contributed by atoms with Gasteiger partial charge in [0.05, 0.1) is 11.2 Å². The smallest absolute Gasteiger partial charge is 0.114 e. The van der Waals surface area contributed by atoms with E-state index in [-0.39, 0.29) is 5.54 Å². The third-order valence-corrected chi connectivity index (χ3v) is 5.78. The second kappa shape index (κ2) is 4.15. The number of aryl methyl sites for hydroxylation is 2. The van der Waals surface area contributed by atoms with E-state index in [0.29, 0.717) is 0 Å². The standard InChI is InChI=1S/C16H18N2S/c17-16(9-11-5-1-2-6-12(11)10-16)15-18-13-7-3-4-8-14(13)19-15/h1-2,5-6H,3-4,7-10,17H2. The van der Waals surface area contributed by atoms with Crippen molar-refractivity contribution in [2.75, 3.05) is 0 Å². The molecule has 0 saturated heterocycles. The number of fused-ring (bicyclic) bond motifs is 2. The summed E-state index contributed by atoms with van der Waals surface area (Å²) in [6.07, 6.45) is 6.83. The summed E-state index contributed by atoms with van der Waals surface area (Å²) in [6.45, 7) is 0. The number of nitrogens with two attached hydrogens (primary N) is 1.